The van der Waals surface area contributed by atoms with E-state index in [1.807, 2.05) is 43.3 Å². The SMILES string of the molecule is Cc1c(N)cccc1Sc1ccccc1Cl. The molecule has 3 heteroatoms. The third-order valence-electron chi connectivity index (χ3n) is 2.38. The Kier molecular flexibility index (Phi) is 3.42. The summed E-state index contributed by atoms with van der Waals surface area (Å²) in [7, 11) is 0. The summed E-state index contributed by atoms with van der Waals surface area (Å²) in [4.78, 5) is 2.20. The highest BCUT2D eigenvalue weighted by Crippen LogP contribution is 2.36. The summed E-state index contributed by atoms with van der Waals surface area (Å²) < 4.78 is 0. The maximum Gasteiger partial charge on any atom is 0.0545 e. The van der Waals surface area contributed by atoms with Gasteiger partial charge in [0.05, 0.1) is 5.02 Å². The Hall–Kier alpha value is -1.12. The second kappa shape index (κ2) is 4.81. The van der Waals surface area contributed by atoms with Crippen molar-refractivity contribution in [3.63, 3.8) is 0 Å². The van der Waals surface area contributed by atoms with Gasteiger partial charge in [-0.05, 0) is 36.8 Å². The van der Waals surface area contributed by atoms with Crippen molar-refractivity contribution in [1.82, 2.24) is 0 Å². The van der Waals surface area contributed by atoms with Crippen LogP contribution < -0.4 is 5.73 Å². The Morgan fingerprint density at radius 2 is 1.69 bits per heavy atom. The van der Waals surface area contributed by atoms with E-state index in [2.05, 4.69) is 6.07 Å². The molecule has 0 unspecified atom stereocenters. The number of rotatable bonds is 2. The summed E-state index contributed by atoms with van der Waals surface area (Å²) in [5, 5.41) is 0.773. The minimum absolute atomic E-state index is 0.773. The van der Waals surface area contributed by atoms with E-state index in [1.165, 1.54) is 0 Å². The molecule has 82 valence electrons. The fourth-order valence-electron chi connectivity index (χ4n) is 1.39. The molecule has 16 heavy (non-hydrogen) atoms. The molecule has 0 saturated carbocycles. The average molecular weight is 250 g/mol. The number of hydrogen-bond donors (Lipinski definition) is 1. The standard InChI is InChI=1S/C13H12ClNS/c1-9-11(15)6-4-8-12(9)16-13-7-3-2-5-10(13)14/h2-8H,15H2,1H3. The summed E-state index contributed by atoms with van der Waals surface area (Å²) in [6.07, 6.45) is 0. The molecule has 2 rings (SSSR count). The number of nitrogens with two attached hydrogens (primary N) is 1. The van der Waals surface area contributed by atoms with Crippen LogP contribution in [0.15, 0.2) is 52.3 Å². The zero-order chi connectivity index (χ0) is 11.5. The minimum Gasteiger partial charge on any atom is -0.398 e. The predicted octanol–water partition coefficient (Wildman–Crippen LogP) is 4.38. The van der Waals surface area contributed by atoms with E-state index in [4.69, 9.17) is 17.3 Å². The van der Waals surface area contributed by atoms with E-state index >= 15 is 0 Å². The van der Waals surface area contributed by atoms with E-state index in [0.717, 1.165) is 26.1 Å². The van der Waals surface area contributed by atoms with E-state index in [9.17, 15) is 0 Å². The highest BCUT2D eigenvalue weighted by atomic mass is 35.5. The molecule has 0 saturated heterocycles. The number of halogens is 1. The normalized spacial score (nSPS) is 10.4. The minimum atomic E-state index is 0.773. The van der Waals surface area contributed by atoms with Crippen molar-refractivity contribution in [2.75, 3.05) is 5.73 Å². The lowest BCUT2D eigenvalue weighted by Crippen LogP contribution is -1.90. The molecule has 0 aromatic heterocycles. The van der Waals surface area contributed by atoms with Gasteiger partial charge in [-0.1, -0.05) is 41.6 Å². The van der Waals surface area contributed by atoms with Crippen LogP contribution in [0.3, 0.4) is 0 Å². The first-order valence-corrected chi connectivity index (χ1v) is 6.15. The molecule has 0 radical (unpaired) electrons. The number of hydrogen-bond acceptors (Lipinski definition) is 2. The van der Waals surface area contributed by atoms with Crippen molar-refractivity contribution in [3.05, 3.63) is 53.1 Å². The molecule has 2 N–H and O–H groups in total. The second-order valence-electron chi connectivity index (χ2n) is 3.50. The van der Waals surface area contributed by atoms with Gasteiger partial charge >= 0.3 is 0 Å². The van der Waals surface area contributed by atoms with Crippen LogP contribution in [0.5, 0.6) is 0 Å². The van der Waals surface area contributed by atoms with Gasteiger partial charge in [0.2, 0.25) is 0 Å². The van der Waals surface area contributed by atoms with E-state index < -0.39 is 0 Å². The molecular weight excluding hydrogens is 238 g/mol. The van der Waals surface area contributed by atoms with Crippen molar-refractivity contribution < 1.29 is 0 Å². The maximum absolute atomic E-state index is 6.11. The lowest BCUT2D eigenvalue weighted by molar-refractivity contribution is 1.30. The van der Waals surface area contributed by atoms with Crippen molar-refractivity contribution in [2.45, 2.75) is 16.7 Å². The first-order valence-electron chi connectivity index (χ1n) is 4.96. The third-order valence-corrected chi connectivity index (χ3v) is 4.06. The van der Waals surface area contributed by atoms with Crippen LogP contribution in [0.1, 0.15) is 5.56 Å². The van der Waals surface area contributed by atoms with Gasteiger partial charge in [-0.2, -0.15) is 0 Å². The third kappa shape index (κ3) is 2.34. The lowest BCUT2D eigenvalue weighted by atomic mass is 10.2. The van der Waals surface area contributed by atoms with Gasteiger partial charge < -0.3 is 5.73 Å². The van der Waals surface area contributed by atoms with Crippen LogP contribution in [0, 0.1) is 6.92 Å². The van der Waals surface area contributed by atoms with Crippen molar-refractivity contribution in [3.8, 4) is 0 Å². The van der Waals surface area contributed by atoms with Crippen molar-refractivity contribution in [1.29, 1.82) is 0 Å². The first kappa shape index (κ1) is 11.4. The molecule has 2 aromatic carbocycles. The summed E-state index contributed by atoms with van der Waals surface area (Å²) in [5.74, 6) is 0. The fraction of sp³-hybridized carbons (Fsp3) is 0.0769. The summed E-state index contributed by atoms with van der Waals surface area (Å²) in [6, 6.07) is 13.7. The maximum atomic E-state index is 6.11. The monoisotopic (exact) mass is 249 g/mol. The van der Waals surface area contributed by atoms with Gasteiger partial charge in [-0.15, -0.1) is 0 Å². The Morgan fingerprint density at radius 3 is 2.44 bits per heavy atom. The Labute approximate surface area is 105 Å². The van der Waals surface area contributed by atoms with Gasteiger partial charge in [-0.25, -0.2) is 0 Å². The smallest absolute Gasteiger partial charge is 0.0545 e. The first-order chi connectivity index (χ1) is 7.68. The highest BCUT2D eigenvalue weighted by Gasteiger charge is 2.05. The van der Waals surface area contributed by atoms with Crippen LogP contribution in [-0.4, -0.2) is 0 Å². The van der Waals surface area contributed by atoms with Gasteiger partial charge in [0, 0.05) is 15.5 Å². The Balaban J connectivity index is 2.35. The van der Waals surface area contributed by atoms with Gasteiger partial charge in [-0.3, -0.25) is 0 Å². The summed E-state index contributed by atoms with van der Waals surface area (Å²) in [6.45, 7) is 2.02. The van der Waals surface area contributed by atoms with Gasteiger partial charge in [0.15, 0.2) is 0 Å². The molecule has 0 aliphatic rings. The van der Waals surface area contributed by atoms with Gasteiger partial charge in [0.25, 0.3) is 0 Å². The molecule has 0 amide bonds. The van der Waals surface area contributed by atoms with E-state index in [1.54, 1.807) is 11.8 Å². The molecule has 0 bridgehead atoms. The fourth-order valence-corrected chi connectivity index (χ4v) is 2.61. The summed E-state index contributed by atoms with van der Waals surface area (Å²) in [5.41, 5.74) is 7.79. The molecule has 0 heterocycles. The molecule has 2 aromatic rings. The molecule has 0 fully saturated rings. The second-order valence-corrected chi connectivity index (χ2v) is 4.99. The molecule has 0 atom stereocenters. The molecule has 0 aliphatic heterocycles. The number of nitrogen functional groups attached to an aromatic ring is 1. The van der Waals surface area contributed by atoms with Crippen LogP contribution >= 0.6 is 23.4 Å². The lowest BCUT2D eigenvalue weighted by Gasteiger charge is -2.08. The average Bonchev–Trinajstić information content (AvgIpc) is 2.28. The van der Waals surface area contributed by atoms with Crippen LogP contribution in [0.2, 0.25) is 5.02 Å². The zero-order valence-corrected chi connectivity index (χ0v) is 10.5. The van der Waals surface area contributed by atoms with Crippen molar-refractivity contribution in [2.24, 2.45) is 0 Å². The zero-order valence-electron chi connectivity index (χ0n) is 8.91. The Bertz CT molecular complexity index is 511. The summed E-state index contributed by atoms with van der Waals surface area (Å²) >= 11 is 7.76. The molecule has 1 nitrogen and oxygen atoms in total. The van der Waals surface area contributed by atoms with E-state index in [-0.39, 0.29) is 0 Å². The quantitative estimate of drug-likeness (QED) is 0.800. The van der Waals surface area contributed by atoms with Crippen molar-refractivity contribution >= 4 is 29.1 Å². The topological polar surface area (TPSA) is 26.0 Å². The number of benzene rings is 2. The van der Waals surface area contributed by atoms with Crippen LogP contribution in [0.4, 0.5) is 5.69 Å². The predicted molar refractivity (Wildman–Crippen MR) is 71.2 cm³/mol. The highest BCUT2D eigenvalue weighted by molar-refractivity contribution is 7.99. The van der Waals surface area contributed by atoms with Crippen LogP contribution in [-0.2, 0) is 0 Å². The van der Waals surface area contributed by atoms with Crippen LogP contribution in [0.25, 0.3) is 0 Å². The van der Waals surface area contributed by atoms with E-state index in [0.29, 0.717) is 0 Å². The largest absolute Gasteiger partial charge is 0.398 e. The Morgan fingerprint density at radius 1 is 1.00 bits per heavy atom. The molecule has 0 spiro atoms. The molecular formula is C13H12ClNS. The molecule has 0 aliphatic carbocycles. The number of anilines is 1. The van der Waals surface area contributed by atoms with Gasteiger partial charge in [0.1, 0.15) is 0 Å².